The summed E-state index contributed by atoms with van der Waals surface area (Å²) in [6.45, 7) is 1.87. The second-order valence-electron chi connectivity index (χ2n) is 4.53. The molecule has 0 saturated carbocycles. The molecule has 0 saturated heterocycles. The Balaban J connectivity index is 1.85. The number of benzene rings is 1. The second-order valence-corrected chi connectivity index (χ2v) is 5.53. The Kier molecular flexibility index (Phi) is 3.14. The molecule has 18 heavy (non-hydrogen) atoms. The van der Waals surface area contributed by atoms with Gasteiger partial charge >= 0.3 is 0 Å². The minimum atomic E-state index is -0.126. The largest absolute Gasteiger partial charge is 0.280 e. The standard InChI is InChI=1S/C15H14N2S/c16-10-14(12-4-2-1-3-5-12)17-8-6-15-13(11-17)7-9-18-15/h1-5,7,9,14H,6,8,11H2/t14-/m0/s1. The summed E-state index contributed by atoms with van der Waals surface area (Å²) in [5, 5.41) is 11.6. The SMILES string of the molecule is N#C[C@@H](c1ccccc1)N1CCc2sccc2C1. The highest BCUT2D eigenvalue weighted by molar-refractivity contribution is 7.10. The van der Waals surface area contributed by atoms with E-state index in [0.717, 1.165) is 25.1 Å². The molecule has 1 aliphatic heterocycles. The summed E-state index contributed by atoms with van der Waals surface area (Å²) in [4.78, 5) is 3.75. The molecule has 1 aromatic carbocycles. The molecule has 90 valence electrons. The molecule has 0 N–H and O–H groups in total. The zero-order chi connectivity index (χ0) is 12.4. The van der Waals surface area contributed by atoms with Crippen LogP contribution in [0.4, 0.5) is 0 Å². The summed E-state index contributed by atoms with van der Waals surface area (Å²) >= 11 is 1.83. The van der Waals surface area contributed by atoms with Gasteiger partial charge in [0.2, 0.25) is 0 Å². The number of thiophene rings is 1. The Hall–Kier alpha value is -1.63. The van der Waals surface area contributed by atoms with Crippen molar-refractivity contribution in [3.63, 3.8) is 0 Å². The van der Waals surface area contributed by atoms with Gasteiger partial charge in [-0.1, -0.05) is 30.3 Å². The summed E-state index contributed by atoms with van der Waals surface area (Å²) in [5.41, 5.74) is 2.49. The molecule has 2 aromatic rings. The summed E-state index contributed by atoms with van der Waals surface area (Å²) in [7, 11) is 0. The highest BCUT2D eigenvalue weighted by Crippen LogP contribution is 2.29. The van der Waals surface area contributed by atoms with Crippen LogP contribution in [0.5, 0.6) is 0 Å². The molecule has 0 amide bonds. The van der Waals surface area contributed by atoms with E-state index in [0.29, 0.717) is 0 Å². The summed E-state index contributed by atoms with van der Waals surface area (Å²) in [6.07, 6.45) is 1.07. The van der Waals surface area contributed by atoms with E-state index in [4.69, 9.17) is 0 Å². The highest BCUT2D eigenvalue weighted by atomic mass is 32.1. The summed E-state index contributed by atoms with van der Waals surface area (Å²) < 4.78 is 0. The van der Waals surface area contributed by atoms with E-state index < -0.39 is 0 Å². The third kappa shape index (κ3) is 2.05. The fourth-order valence-corrected chi connectivity index (χ4v) is 3.38. The minimum Gasteiger partial charge on any atom is -0.280 e. The van der Waals surface area contributed by atoms with E-state index in [1.165, 1.54) is 10.4 Å². The Morgan fingerprint density at radius 1 is 1.22 bits per heavy atom. The van der Waals surface area contributed by atoms with Crippen LogP contribution in [0, 0.1) is 11.3 Å². The molecule has 0 aliphatic carbocycles. The predicted molar refractivity (Wildman–Crippen MR) is 73.2 cm³/mol. The first-order chi connectivity index (χ1) is 8.88. The van der Waals surface area contributed by atoms with Gasteiger partial charge in [0.05, 0.1) is 6.07 Å². The fourth-order valence-electron chi connectivity index (χ4n) is 2.49. The van der Waals surface area contributed by atoms with Crippen molar-refractivity contribution in [3.05, 3.63) is 57.8 Å². The summed E-state index contributed by atoms with van der Waals surface area (Å²) in [5.74, 6) is 0. The van der Waals surface area contributed by atoms with Crippen molar-refractivity contribution < 1.29 is 0 Å². The third-order valence-electron chi connectivity index (χ3n) is 3.44. The van der Waals surface area contributed by atoms with Crippen LogP contribution in [0.1, 0.15) is 22.0 Å². The number of hydrogen-bond donors (Lipinski definition) is 0. The lowest BCUT2D eigenvalue weighted by molar-refractivity contribution is 0.218. The van der Waals surface area contributed by atoms with Gasteiger partial charge < -0.3 is 0 Å². The molecule has 3 heteroatoms. The molecule has 1 aromatic heterocycles. The monoisotopic (exact) mass is 254 g/mol. The highest BCUT2D eigenvalue weighted by Gasteiger charge is 2.24. The molecule has 2 nitrogen and oxygen atoms in total. The first-order valence-corrected chi connectivity index (χ1v) is 7.00. The van der Waals surface area contributed by atoms with E-state index in [1.54, 1.807) is 0 Å². The van der Waals surface area contributed by atoms with Crippen LogP contribution in [0.2, 0.25) is 0 Å². The Labute approximate surface area is 111 Å². The first-order valence-electron chi connectivity index (χ1n) is 6.12. The second kappa shape index (κ2) is 4.93. The van der Waals surface area contributed by atoms with Crippen molar-refractivity contribution in [1.29, 1.82) is 5.26 Å². The smallest absolute Gasteiger partial charge is 0.124 e. The third-order valence-corrected chi connectivity index (χ3v) is 4.46. The van der Waals surface area contributed by atoms with Gasteiger partial charge in [-0.15, -0.1) is 11.3 Å². The van der Waals surface area contributed by atoms with Gasteiger partial charge in [-0.25, -0.2) is 0 Å². The van der Waals surface area contributed by atoms with Crippen molar-refractivity contribution in [2.45, 2.75) is 19.0 Å². The molecule has 0 spiro atoms. The van der Waals surface area contributed by atoms with E-state index in [1.807, 2.05) is 41.7 Å². The maximum absolute atomic E-state index is 9.44. The van der Waals surface area contributed by atoms with Crippen LogP contribution < -0.4 is 0 Å². The predicted octanol–water partition coefficient (Wildman–Crippen LogP) is 3.37. The van der Waals surface area contributed by atoms with Gasteiger partial charge in [-0.05, 0) is 29.0 Å². The molecule has 0 radical (unpaired) electrons. The van der Waals surface area contributed by atoms with Crippen molar-refractivity contribution in [2.75, 3.05) is 6.54 Å². The summed E-state index contributed by atoms with van der Waals surface area (Å²) in [6, 6.07) is 14.6. The molecule has 0 unspecified atom stereocenters. The Morgan fingerprint density at radius 3 is 2.83 bits per heavy atom. The normalized spacial score (nSPS) is 16.8. The molecule has 1 aliphatic rings. The molecule has 3 rings (SSSR count). The van der Waals surface area contributed by atoms with Crippen molar-refractivity contribution in [1.82, 2.24) is 4.90 Å². The minimum absolute atomic E-state index is 0.126. The molecule has 1 atom stereocenters. The number of nitriles is 1. The van der Waals surface area contributed by atoms with Crippen LogP contribution >= 0.6 is 11.3 Å². The van der Waals surface area contributed by atoms with E-state index >= 15 is 0 Å². The fraction of sp³-hybridized carbons (Fsp3) is 0.267. The topological polar surface area (TPSA) is 27.0 Å². The van der Waals surface area contributed by atoms with E-state index in [-0.39, 0.29) is 6.04 Å². The van der Waals surface area contributed by atoms with Crippen LogP contribution in [0.3, 0.4) is 0 Å². The van der Waals surface area contributed by atoms with Gasteiger partial charge in [0.25, 0.3) is 0 Å². The van der Waals surface area contributed by atoms with E-state index in [2.05, 4.69) is 22.4 Å². The van der Waals surface area contributed by atoms with Crippen LogP contribution in [-0.4, -0.2) is 11.4 Å². The van der Waals surface area contributed by atoms with Crippen molar-refractivity contribution in [3.8, 4) is 6.07 Å². The lowest BCUT2D eigenvalue weighted by Crippen LogP contribution is -2.32. The van der Waals surface area contributed by atoms with Gasteiger partial charge in [0.1, 0.15) is 6.04 Å². The van der Waals surface area contributed by atoms with Crippen molar-refractivity contribution in [2.24, 2.45) is 0 Å². The Bertz CT molecular complexity index is 568. The van der Waals surface area contributed by atoms with Crippen molar-refractivity contribution >= 4 is 11.3 Å². The average Bonchev–Trinajstić information content (AvgIpc) is 2.88. The van der Waals surface area contributed by atoms with Crippen LogP contribution in [0.25, 0.3) is 0 Å². The maximum Gasteiger partial charge on any atom is 0.124 e. The molecular weight excluding hydrogens is 240 g/mol. The van der Waals surface area contributed by atoms with Gasteiger partial charge in [-0.2, -0.15) is 5.26 Å². The molecular formula is C15H14N2S. The van der Waals surface area contributed by atoms with Gasteiger partial charge in [0.15, 0.2) is 0 Å². The quantitative estimate of drug-likeness (QED) is 0.821. The van der Waals surface area contributed by atoms with E-state index in [9.17, 15) is 5.26 Å². The molecule has 0 bridgehead atoms. The number of fused-ring (bicyclic) bond motifs is 1. The number of hydrogen-bond acceptors (Lipinski definition) is 3. The molecule has 2 heterocycles. The van der Waals surface area contributed by atoms with Gasteiger partial charge in [-0.3, -0.25) is 4.90 Å². The first kappa shape index (κ1) is 11.5. The lowest BCUT2D eigenvalue weighted by Gasteiger charge is -2.30. The maximum atomic E-state index is 9.44. The Morgan fingerprint density at radius 2 is 2.06 bits per heavy atom. The molecule has 0 fully saturated rings. The van der Waals surface area contributed by atoms with Crippen LogP contribution in [0.15, 0.2) is 41.8 Å². The number of nitrogens with zero attached hydrogens (tertiary/aromatic N) is 2. The zero-order valence-electron chi connectivity index (χ0n) is 10.0. The lowest BCUT2D eigenvalue weighted by atomic mass is 10.0. The number of rotatable bonds is 2. The van der Waals surface area contributed by atoms with Gasteiger partial charge in [0, 0.05) is 18.0 Å². The zero-order valence-corrected chi connectivity index (χ0v) is 10.9. The average molecular weight is 254 g/mol. The van der Waals surface area contributed by atoms with Crippen LogP contribution in [-0.2, 0) is 13.0 Å².